The van der Waals surface area contributed by atoms with E-state index in [-0.39, 0.29) is 23.2 Å². The van der Waals surface area contributed by atoms with E-state index in [2.05, 4.69) is 15.0 Å². The number of hydrogen-bond donors (Lipinski definition) is 2. The van der Waals surface area contributed by atoms with E-state index >= 15 is 0 Å². The highest BCUT2D eigenvalue weighted by molar-refractivity contribution is 5.85. The SMILES string of the molecule is Cn1cc(C(=O)O)nc2c(=O)nc(N)nc1-2. The minimum atomic E-state index is -1.23. The lowest BCUT2D eigenvalue weighted by atomic mass is 10.3. The molecule has 8 heteroatoms. The standard InChI is InChI=1S/C8H7N5O3/c1-13-2-3(7(15)16)10-4-5(13)11-8(9)12-6(4)14/h2H,1H3,(H,15,16)(H2,9,12,14). The number of fused-ring (bicyclic) bond motifs is 1. The van der Waals surface area contributed by atoms with Gasteiger partial charge in [0.05, 0.1) is 0 Å². The van der Waals surface area contributed by atoms with Gasteiger partial charge in [0, 0.05) is 13.2 Å². The second-order valence-electron chi connectivity index (χ2n) is 3.10. The Hall–Kier alpha value is -2.51. The van der Waals surface area contributed by atoms with Gasteiger partial charge in [-0.25, -0.2) is 9.78 Å². The van der Waals surface area contributed by atoms with Gasteiger partial charge in [-0.3, -0.25) is 4.79 Å². The van der Waals surface area contributed by atoms with Crippen molar-refractivity contribution in [3.8, 4) is 11.5 Å². The lowest BCUT2D eigenvalue weighted by Crippen LogP contribution is -2.22. The molecule has 0 saturated heterocycles. The summed E-state index contributed by atoms with van der Waals surface area (Å²) in [5, 5.41) is 8.77. The number of nitrogen functional groups attached to an aromatic ring is 1. The number of carboxylic acids is 1. The third-order valence-electron chi connectivity index (χ3n) is 1.95. The lowest BCUT2D eigenvalue weighted by molar-refractivity contribution is 0.0689. The number of nitrogens with two attached hydrogens (primary N) is 1. The lowest BCUT2D eigenvalue weighted by Gasteiger charge is -2.09. The molecule has 0 aromatic rings. The molecule has 0 fully saturated rings. The van der Waals surface area contributed by atoms with E-state index < -0.39 is 11.5 Å². The Kier molecular flexibility index (Phi) is 2.04. The van der Waals surface area contributed by atoms with Gasteiger partial charge in [-0.15, -0.1) is 0 Å². The van der Waals surface area contributed by atoms with Gasteiger partial charge in [0.25, 0.3) is 0 Å². The minimum Gasteiger partial charge on any atom is -0.476 e. The summed E-state index contributed by atoms with van der Waals surface area (Å²) in [5.41, 5.74) is 4.25. The van der Waals surface area contributed by atoms with Crippen LogP contribution in [0.2, 0.25) is 0 Å². The van der Waals surface area contributed by atoms with Gasteiger partial charge in [-0.05, 0) is 0 Å². The number of hydrogen-bond acceptors (Lipinski definition) is 6. The Labute approximate surface area is 88.7 Å². The molecule has 16 heavy (non-hydrogen) atoms. The first-order valence-corrected chi connectivity index (χ1v) is 4.23. The Balaban J connectivity index is 2.87. The van der Waals surface area contributed by atoms with Gasteiger partial charge in [0.1, 0.15) is 0 Å². The van der Waals surface area contributed by atoms with Crippen LogP contribution < -0.4 is 11.3 Å². The Bertz CT molecular complexity index is 605. The van der Waals surface area contributed by atoms with Crippen molar-refractivity contribution in [3.63, 3.8) is 0 Å². The summed E-state index contributed by atoms with van der Waals surface area (Å²) in [7, 11) is 1.54. The average molecular weight is 221 g/mol. The van der Waals surface area contributed by atoms with E-state index in [0.717, 1.165) is 0 Å². The number of rotatable bonds is 1. The summed E-state index contributed by atoms with van der Waals surface area (Å²) >= 11 is 0. The number of carboxylic acid groups (broad SMARTS) is 1. The first kappa shape index (κ1) is 10.0. The van der Waals surface area contributed by atoms with Gasteiger partial charge in [0.15, 0.2) is 17.2 Å². The molecule has 2 rings (SSSR count). The van der Waals surface area contributed by atoms with Crippen molar-refractivity contribution in [1.82, 2.24) is 19.5 Å². The third-order valence-corrected chi connectivity index (χ3v) is 1.95. The van der Waals surface area contributed by atoms with E-state index in [1.807, 2.05) is 0 Å². The molecule has 2 aliphatic rings. The maximum Gasteiger partial charge on any atom is 0.356 e. The summed E-state index contributed by atoms with van der Waals surface area (Å²) in [6.07, 6.45) is 1.25. The second-order valence-corrected chi connectivity index (χ2v) is 3.10. The van der Waals surface area contributed by atoms with Crippen molar-refractivity contribution in [2.24, 2.45) is 7.05 Å². The van der Waals surface area contributed by atoms with Crippen LogP contribution in [-0.4, -0.2) is 30.6 Å². The van der Waals surface area contributed by atoms with Crippen molar-refractivity contribution in [2.45, 2.75) is 0 Å². The third kappa shape index (κ3) is 1.45. The van der Waals surface area contributed by atoms with Gasteiger partial charge in [-0.2, -0.15) is 9.97 Å². The number of aromatic carboxylic acids is 1. The number of nitrogens with zero attached hydrogens (tertiary/aromatic N) is 4. The van der Waals surface area contributed by atoms with Crippen LogP contribution in [0.4, 0.5) is 5.95 Å². The zero-order valence-electron chi connectivity index (χ0n) is 8.21. The smallest absolute Gasteiger partial charge is 0.356 e. The zero-order chi connectivity index (χ0) is 11.9. The molecule has 0 atom stereocenters. The maximum absolute atomic E-state index is 11.4. The molecule has 0 aromatic carbocycles. The molecule has 0 bridgehead atoms. The molecule has 0 amide bonds. The quantitative estimate of drug-likeness (QED) is 0.629. The van der Waals surface area contributed by atoms with Crippen LogP contribution in [0.5, 0.6) is 0 Å². The Morgan fingerprint density at radius 3 is 2.75 bits per heavy atom. The van der Waals surface area contributed by atoms with Crippen molar-refractivity contribution in [1.29, 1.82) is 0 Å². The number of aromatic nitrogens is 4. The van der Waals surface area contributed by atoms with E-state index in [9.17, 15) is 9.59 Å². The fourth-order valence-corrected chi connectivity index (χ4v) is 1.28. The molecule has 0 unspecified atom stereocenters. The van der Waals surface area contributed by atoms with Crippen LogP contribution in [0.3, 0.4) is 0 Å². The molecular weight excluding hydrogens is 214 g/mol. The molecule has 82 valence electrons. The molecule has 0 aliphatic carbocycles. The highest BCUT2D eigenvalue weighted by Gasteiger charge is 2.18. The largest absolute Gasteiger partial charge is 0.476 e. The fourth-order valence-electron chi connectivity index (χ4n) is 1.28. The first-order valence-electron chi connectivity index (χ1n) is 4.23. The topological polar surface area (TPSA) is 124 Å². The second kappa shape index (κ2) is 3.26. The summed E-state index contributed by atoms with van der Waals surface area (Å²) in [4.78, 5) is 33.0. The molecule has 3 N–H and O–H groups in total. The maximum atomic E-state index is 11.4. The van der Waals surface area contributed by atoms with Gasteiger partial charge in [-0.1, -0.05) is 0 Å². The molecular formula is C8H7N5O3. The van der Waals surface area contributed by atoms with Crippen molar-refractivity contribution in [3.05, 3.63) is 22.2 Å². The monoisotopic (exact) mass is 221 g/mol. The predicted octanol–water partition coefficient (Wildman–Crippen LogP) is -1.04. The summed E-state index contributed by atoms with van der Waals surface area (Å²) in [6, 6.07) is 0. The van der Waals surface area contributed by atoms with Gasteiger partial charge in [0.2, 0.25) is 5.95 Å². The van der Waals surface area contributed by atoms with E-state index in [4.69, 9.17) is 10.8 Å². The van der Waals surface area contributed by atoms with Gasteiger partial charge < -0.3 is 15.4 Å². The highest BCUT2D eigenvalue weighted by Crippen LogP contribution is 2.12. The summed E-state index contributed by atoms with van der Waals surface area (Å²) in [5.74, 6) is -1.20. The normalized spacial score (nSPS) is 10.6. The number of aryl methyl sites for hydroxylation is 1. The summed E-state index contributed by atoms with van der Waals surface area (Å²) in [6.45, 7) is 0. The number of carbonyl (C=O) groups is 1. The van der Waals surface area contributed by atoms with Crippen molar-refractivity contribution < 1.29 is 9.90 Å². The van der Waals surface area contributed by atoms with E-state index in [1.165, 1.54) is 10.8 Å². The minimum absolute atomic E-state index is 0.114. The fraction of sp³-hybridized carbons (Fsp3) is 0.125. The molecule has 2 heterocycles. The Morgan fingerprint density at radius 1 is 1.44 bits per heavy atom. The van der Waals surface area contributed by atoms with E-state index in [1.54, 1.807) is 7.05 Å². The molecule has 0 saturated carbocycles. The van der Waals surface area contributed by atoms with Crippen LogP contribution in [0.25, 0.3) is 11.5 Å². The van der Waals surface area contributed by atoms with Crippen LogP contribution in [-0.2, 0) is 7.05 Å². The van der Waals surface area contributed by atoms with Crippen LogP contribution in [0.15, 0.2) is 11.0 Å². The molecule has 8 nitrogen and oxygen atoms in total. The van der Waals surface area contributed by atoms with Gasteiger partial charge >= 0.3 is 11.5 Å². The highest BCUT2D eigenvalue weighted by atomic mass is 16.4. The predicted molar refractivity (Wildman–Crippen MR) is 53.1 cm³/mol. The zero-order valence-corrected chi connectivity index (χ0v) is 8.21. The average Bonchev–Trinajstić information content (AvgIpc) is 2.19. The van der Waals surface area contributed by atoms with Crippen LogP contribution in [0.1, 0.15) is 10.5 Å². The number of anilines is 1. The van der Waals surface area contributed by atoms with Crippen LogP contribution >= 0.6 is 0 Å². The first-order chi connectivity index (χ1) is 7.49. The molecule has 0 radical (unpaired) electrons. The molecule has 0 aromatic heterocycles. The Morgan fingerprint density at radius 2 is 2.12 bits per heavy atom. The van der Waals surface area contributed by atoms with Crippen LogP contribution in [0, 0.1) is 0 Å². The molecule has 0 spiro atoms. The van der Waals surface area contributed by atoms with Crippen molar-refractivity contribution >= 4 is 11.9 Å². The van der Waals surface area contributed by atoms with E-state index in [0.29, 0.717) is 0 Å². The van der Waals surface area contributed by atoms with Crippen molar-refractivity contribution in [2.75, 3.05) is 5.73 Å². The summed E-state index contributed by atoms with van der Waals surface area (Å²) < 4.78 is 1.37. The molecule has 2 aliphatic heterocycles.